The molecule has 2 aliphatic rings. The number of nitrogens with one attached hydrogen (secondary N) is 1. The second-order valence-corrected chi connectivity index (χ2v) is 10.1. The first-order valence-electron chi connectivity index (χ1n) is 10.8. The number of hydrogen-bond donors (Lipinski definition) is 1. The summed E-state index contributed by atoms with van der Waals surface area (Å²) in [5, 5.41) is 4.86. The molecule has 2 saturated heterocycles. The zero-order valence-corrected chi connectivity index (χ0v) is 19.2. The molecule has 7 nitrogen and oxygen atoms in total. The number of nitrogens with zero attached hydrogens (tertiary/aromatic N) is 2. The Bertz CT molecular complexity index is 759. The molecule has 3 rings (SSSR count). The summed E-state index contributed by atoms with van der Waals surface area (Å²) in [6, 6.07) is 3.55. The Labute approximate surface area is 182 Å². The highest BCUT2D eigenvalue weighted by Crippen LogP contribution is 2.33. The van der Waals surface area contributed by atoms with E-state index in [1.54, 1.807) is 0 Å². The van der Waals surface area contributed by atoms with Crippen LogP contribution in [-0.2, 0) is 14.3 Å². The van der Waals surface area contributed by atoms with Gasteiger partial charge in [-0.1, -0.05) is 6.07 Å². The van der Waals surface area contributed by atoms with Gasteiger partial charge in [-0.25, -0.2) is 4.79 Å². The third kappa shape index (κ3) is 5.53. The van der Waals surface area contributed by atoms with Crippen molar-refractivity contribution >= 4 is 29.2 Å². The van der Waals surface area contributed by atoms with Crippen LogP contribution in [0.2, 0.25) is 0 Å². The van der Waals surface area contributed by atoms with Crippen molar-refractivity contribution < 1.29 is 19.1 Å². The predicted molar refractivity (Wildman–Crippen MR) is 116 cm³/mol. The minimum Gasteiger partial charge on any atom is -0.444 e. The van der Waals surface area contributed by atoms with Crippen LogP contribution in [0.4, 0.5) is 4.79 Å². The molecule has 30 heavy (non-hydrogen) atoms. The Hall–Kier alpha value is -2.09. The van der Waals surface area contributed by atoms with Crippen LogP contribution in [0.3, 0.4) is 0 Å². The fourth-order valence-electron chi connectivity index (χ4n) is 4.49. The average Bonchev–Trinajstić information content (AvgIpc) is 3.38. The van der Waals surface area contributed by atoms with Crippen molar-refractivity contribution in [3.05, 3.63) is 22.4 Å². The first-order chi connectivity index (χ1) is 14.2. The van der Waals surface area contributed by atoms with Crippen LogP contribution < -0.4 is 5.32 Å². The van der Waals surface area contributed by atoms with Gasteiger partial charge in [0.15, 0.2) is 0 Å². The lowest BCUT2D eigenvalue weighted by atomic mass is 10.0. The summed E-state index contributed by atoms with van der Waals surface area (Å²) in [5.74, 6) is -0.119. The molecular formula is C22H33N3O4S. The third-order valence-electron chi connectivity index (χ3n) is 5.63. The van der Waals surface area contributed by atoms with Gasteiger partial charge in [0.1, 0.15) is 5.60 Å². The second-order valence-electron chi connectivity index (χ2n) is 9.15. The number of thiophene rings is 1. The van der Waals surface area contributed by atoms with E-state index >= 15 is 0 Å². The molecule has 0 bridgehead atoms. The molecule has 1 aromatic rings. The molecule has 0 saturated carbocycles. The Morgan fingerprint density at radius 3 is 2.37 bits per heavy atom. The lowest BCUT2D eigenvalue weighted by Gasteiger charge is -2.36. The Morgan fingerprint density at radius 1 is 1.17 bits per heavy atom. The van der Waals surface area contributed by atoms with Gasteiger partial charge in [-0.2, -0.15) is 0 Å². The summed E-state index contributed by atoms with van der Waals surface area (Å²) < 4.78 is 5.60. The van der Waals surface area contributed by atoms with Crippen LogP contribution in [0.1, 0.15) is 70.7 Å². The molecule has 8 heteroatoms. The molecule has 1 aromatic heterocycles. The Kier molecular flexibility index (Phi) is 7.06. The van der Waals surface area contributed by atoms with E-state index in [0.717, 1.165) is 30.6 Å². The molecule has 0 spiro atoms. The van der Waals surface area contributed by atoms with E-state index in [1.165, 1.54) is 18.3 Å². The Balaban J connectivity index is 1.70. The van der Waals surface area contributed by atoms with Crippen molar-refractivity contribution in [3.63, 3.8) is 0 Å². The van der Waals surface area contributed by atoms with Gasteiger partial charge in [0.25, 0.3) is 0 Å². The highest BCUT2D eigenvalue weighted by molar-refractivity contribution is 7.10. The highest BCUT2D eigenvalue weighted by Gasteiger charge is 2.43. The number of hydrogen-bond acceptors (Lipinski definition) is 5. The predicted octanol–water partition coefficient (Wildman–Crippen LogP) is 3.71. The van der Waals surface area contributed by atoms with Crippen LogP contribution in [0.5, 0.6) is 0 Å². The molecule has 166 valence electrons. The summed E-state index contributed by atoms with van der Waals surface area (Å²) in [6.45, 7) is 8.44. The summed E-state index contributed by atoms with van der Waals surface area (Å²) in [4.78, 5) is 42.3. The largest absolute Gasteiger partial charge is 0.444 e. The minimum absolute atomic E-state index is 0.00717. The summed E-state index contributed by atoms with van der Waals surface area (Å²) in [6.07, 6.45) is 3.56. The maximum atomic E-state index is 13.2. The first kappa shape index (κ1) is 22.6. The zero-order valence-electron chi connectivity index (χ0n) is 18.3. The van der Waals surface area contributed by atoms with E-state index in [4.69, 9.17) is 4.74 Å². The molecule has 0 unspecified atom stereocenters. The second kappa shape index (κ2) is 9.37. The van der Waals surface area contributed by atoms with Crippen LogP contribution >= 0.6 is 11.3 Å². The van der Waals surface area contributed by atoms with Crippen molar-refractivity contribution in [2.24, 2.45) is 0 Å². The molecule has 3 heterocycles. The standard InChI is InChI=1S/C22H33N3O4S/c1-15(26)23-16(19-10-7-13-30-19)14-20(27)24-11-5-8-17(24)18-9-6-12-25(18)21(28)29-22(2,3)4/h7,10,13,16-18H,5-6,8-9,11-12,14H2,1-4H3,(H,23,26)/t16-,17+,18-/m1/s1. The van der Waals surface area contributed by atoms with Crippen molar-refractivity contribution in [2.75, 3.05) is 13.1 Å². The lowest BCUT2D eigenvalue weighted by molar-refractivity contribution is -0.133. The maximum absolute atomic E-state index is 13.2. The van der Waals surface area contributed by atoms with Crippen LogP contribution in [-0.4, -0.2) is 58.5 Å². The van der Waals surface area contributed by atoms with E-state index in [1.807, 2.05) is 48.1 Å². The number of carbonyl (C=O) groups excluding carboxylic acids is 3. The van der Waals surface area contributed by atoms with Crippen LogP contribution in [0.25, 0.3) is 0 Å². The van der Waals surface area contributed by atoms with Gasteiger partial charge in [-0.15, -0.1) is 11.3 Å². The number of amides is 3. The van der Waals surface area contributed by atoms with Crippen LogP contribution in [0.15, 0.2) is 17.5 Å². The number of carbonyl (C=O) groups is 3. The molecule has 0 aliphatic carbocycles. The number of ether oxygens (including phenoxy) is 1. The monoisotopic (exact) mass is 435 g/mol. The van der Waals surface area contributed by atoms with E-state index in [-0.39, 0.29) is 42.5 Å². The first-order valence-corrected chi connectivity index (χ1v) is 11.6. The van der Waals surface area contributed by atoms with E-state index < -0.39 is 5.60 Å². The topological polar surface area (TPSA) is 79.0 Å². The lowest BCUT2D eigenvalue weighted by Crippen LogP contribution is -2.51. The van der Waals surface area contributed by atoms with Gasteiger partial charge >= 0.3 is 6.09 Å². The molecule has 2 fully saturated rings. The van der Waals surface area contributed by atoms with E-state index in [0.29, 0.717) is 13.1 Å². The molecule has 1 N–H and O–H groups in total. The SMILES string of the molecule is CC(=O)N[C@H](CC(=O)N1CCC[C@H]1[C@H]1CCCN1C(=O)OC(C)(C)C)c1cccs1. The van der Waals surface area contributed by atoms with Gasteiger partial charge in [-0.05, 0) is 57.9 Å². The van der Waals surface area contributed by atoms with Crippen LogP contribution in [0, 0.1) is 0 Å². The zero-order chi connectivity index (χ0) is 21.9. The smallest absolute Gasteiger partial charge is 0.410 e. The molecule has 0 aromatic carbocycles. The van der Waals surface area contributed by atoms with E-state index in [9.17, 15) is 14.4 Å². The summed E-state index contributed by atoms with van der Waals surface area (Å²) in [5.41, 5.74) is -0.540. The molecule has 2 aliphatic heterocycles. The molecule has 3 amide bonds. The Morgan fingerprint density at radius 2 is 1.80 bits per heavy atom. The van der Waals surface area contributed by atoms with Gasteiger partial charge in [0, 0.05) is 24.9 Å². The van der Waals surface area contributed by atoms with Gasteiger partial charge in [0.05, 0.1) is 24.5 Å². The number of rotatable bonds is 5. The normalized spacial score (nSPS) is 22.8. The quantitative estimate of drug-likeness (QED) is 0.765. The van der Waals surface area contributed by atoms with Gasteiger partial charge in [0.2, 0.25) is 11.8 Å². The van der Waals surface area contributed by atoms with Crippen molar-refractivity contribution in [2.45, 2.75) is 83.5 Å². The third-order valence-corrected chi connectivity index (χ3v) is 6.62. The fraction of sp³-hybridized carbons (Fsp3) is 0.682. The minimum atomic E-state index is -0.540. The number of likely N-dealkylation sites (tertiary alicyclic amines) is 2. The van der Waals surface area contributed by atoms with Crippen molar-refractivity contribution in [3.8, 4) is 0 Å². The average molecular weight is 436 g/mol. The molecule has 0 radical (unpaired) electrons. The van der Waals surface area contributed by atoms with Crippen molar-refractivity contribution in [1.82, 2.24) is 15.1 Å². The fourth-order valence-corrected chi connectivity index (χ4v) is 5.27. The van der Waals surface area contributed by atoms with Gasteiger partial charge < -0.3 is 19.9 Å². The van der Waals surface area contributed by atoms with E-state index in [2.05, 4.69) is 5.32 Å². The van der Waals surface area contributed by atoms with Crippen molar-refractivity contribution in [1.29, 1.82) is 0 Å². The molecular weight excluding hydrogens is 402 g/mol. The summed E-state index contributed by atoms with van der Waals surface area (Å²) >= 11 is 1.54. The summed E-state index contributed by atoms with van der Waals surface area (Å²) in [7, 11) is 0. The van der Waals surface area contributed by atoms with Gasteiger partial charge in [-0.3, -0.25) is 9.59 Å². The molecule has 3 atom stereocenters. The maximum Gasteiger partial charge on any atom is 0.410 e. The highest BCUT2D eigenvalue weighted by atomic mass is 32.1.